The molecule has 0 aromatic rings. The number of hydrogen-bond donors (Lipinski definition) is 2. The zero-order chi connectivity index (χ0) is 54.6. The van der Waals surface area contributed by atoms with Crippen LogP contribution in [0.3, 0.4) is 0 Å². The Balaban J connectivity index is 1.96. The van der Waals surface area contributed by atoms with E-state index in [-0.39, 0.29) is 6.04 Å². The molecule has 22 heteroatoms. The maximum absolute atomic E-state index is 11.8. The van der Waals surface area contributed by atoms with Gasteiger partial charge in [-0.1, -0.05) is 194 Å². The summed E-state index contributed by atoms with van der Waals surface area (Å²) in [6, 6.07) is -0.266. The van der Waals surface area contributed by atoms with Crippen LogP contribution in [0.15, 0.2) is 82.4 Å². The van der Waals surface area contributed by atoms with E-state index < -0.39 is 83.1 Å². The molecule has 14 nitrogen and oxygen atoms in total. The summed E-state index contributed by atoms with van der Waals surface area (Å²) in [5.41, 5.74) is 13.6. The van der Waals surface area contributed by atoms with Crippen molar-refractivity contribution in [3.05, 3.63) is 82.4 Å². The van der Waals surface area contributed by atoms with Crippen LogP contribution in [0.5, 0.6) is 0 Å². The highest BCUT2D eigenvalue weighted by Crippen LogP contribution is 2.51. The van der Waals surface area contributed by atoms with Gasteiger partial charge in [0.1, 0.15) is 0 Å². The Kier molecular flexibility index (Phi) is 29.7. The lowest BCUT2D eigenvalue weighted by molar-refractivity contribution is -0.0133. The molecule has 0 aromatic carbocycles. The lowest BCUT2D eigenvalue weighted by Crippen LogP contribution is -2.87. The average Bonchev–Trinajstić information content (AvgIpc) is 3.37. The molecule has 2 N–H and O–H groups in total. The molecule has 0 aliphatic carbocycles. The second-order valence-electron chi connectivity index (χ2n) is 21.2. The van der Waals surface area contributed by atoms with Crippen molar-refractivity contribution in [3.63, 3.8) is 0 Å². The number of aliphatic hydroxyl groups is 2. The van der Waals surface area contributed by atoms with Crippen molar-refractivity contribution in [1.82, 2.24) is 0 Å². The van der Waals surface area contributed by atoms with E-state index in [4.69, 9.17) is 49.4 Å². The van der Waals surface area contributed by atoms with Gasteiger partial charge in [-0.05, 0) is 130 Å². The summed E-state index contributed by atoms with van der Waals surface area (Å²) in [7, 11) is -35.7. The molecule has 8 bridgehead atoms. The topological polar surface area (TPSA) is 151 Å². The fourth-order valence-electron chi connectivity index (χ4n) is 9.66. The Morgan fingerprint density at radius 3 is 0.671 bits per heavy atom. The third kappa shape index (κ3) is 20.7. The second-order valence-corrected chi connectivity index (χ2v) is 43.5. The molecule has 0 spiro atoms. The van der Waals surface area contributed by atoms with E-state index in [2.05, 4.69) is 91.0 Å². The molecule has 6 aliphatic heterocycles. The molecule has 0 aromatic heterocycles. The van der Waals surface area contributed by atoms with Gasteiger partial charge in [-0.15, -0.1) is 0 Å². The van der Waals surface area contributed by atoms with Gasteiger partial charge in [-0.25, -0.2) is 0 Å². The van der Waals surface area contributed by atoms with Crippen LogP contribution in [0, 0.1) is 0 Å². The maximum atomic E-state index is 11.8. The van der Waals surface area contributed by atoms with Gasteiger partial charge >= 0.3 is 70.4 Å². The molecule has 9 atom stereocenters. The van der Waals surface area contributed by atoms with Gasteiger partial charge < -0.3 is 59.6 Å². The van der Waals surface area contributed by atoms with E-state index >= 15 is 0 Å². The van der Waals surface area contributed by atoms with E-state index in [0.717, 1.165) is 173 Å². The second kappa shape index (κ2) is 34.1. The summed E-state index contributed by atoms with van der Waals surface area (Å²) in [6.07, 6.45) is 42.2. The first-order valence-corrected chi connectivity index (χ1v) is 44.9. The molecular formula is C54H102O14Si8. The largest absolute Gasteiger partial charge is 0.507 e. The fourth-order valence-corrected chi connectivity index (χ4v) is 52.7. The first kappa shape index (κ1) is 66.2. The van der Waals surface area contributed by atoms with Crippen LogP contribution in [0.25, 0.3) is 0 Å². The van der Waals surface area contributed by atoms with E-state index in [0.29, 0.717) is 12.8 Å². The summed E-state index contributed by atoms with van der Waals surface area (Å²) in [6.45, 7) is 14.8. The highest BCUT2D eigenvalue weighted by molar-refractivity contribution is 7.07. The molecule has 0 amide bonds. The summed E-state index contributed by atoms with van der Waals surface area (Å²) < 4.78 is 93.7. The lowest BCUT2D eigenvalue weighted by atomic mass is 10.1. The summed E-state index contributed by atoms with van der Waals surface area (Å²) in [5, 5.41) is 22.6. The molecule has 6 saturated heterocycles. The van der Waals surface area contributed by atoms with E-state index in [1.54, 1.807) is 0 Å². The van der Waals surface area contributed by atoms with Gasteiger partial charge in [0.05, 0.1) is 12.7 Å². The fraction of sp³-hybridized carbons (Fsp3) is 0.741. The first-order chi connectivity index (χ1) is 36.9. The molecule has 434 valence electrons. The highest BCUT2D eigenvalue weighted by Gasteiger charge is 2.82. The third-order valence-corrected chi connectivity index (χ3v) is 46.8. The first-order valence-electron chi connectivity index (χ1n) is 30.3. The van der Waals surface area contributed by atoms with E-state index in [9.17, 15) is 10.2 Å². The zero-order valence-corrected chi connectivity index (χ0v) is 56.1. The summed E-state index contributed by atoms with van der Waals surface area (Å²) >= 11 is 0. The molecule has 0 saturated carbocycles. The number of aliphatic hydroxyl groups excluding tert-OH is 2. The quantitative estimate of drug-likeness (QED) is 0.0442. The molecule has 6 rings (SSSR count). The Morgan fingerprint density at radius 1 is 0.276 bits per heavy atom. The van der Waals surface area contributed by atoms with Crippen LogP contribution in [-0.2, 0) is 49.4 Å². The van der Waals surface area contributed by atoms with Gasteiger partial charge in [0.2, 0.25) is 0 Å². The number of hydrogen-bond acceptors (Lipinski definition) is 14. The minimum absolute atomic E-state index is 0.266. The van der Waals surface area contributed by atoms with Crippen molar-refractivity contribution in [2.45, 2.75) is 253 Å². The minimum atomic E-state index is -4.59. The minimum Gasteiger partial charge on any atom is -0.394 e. The summed E-state index contributed by atoms with van der Waals surface area (Å²) in [5.74, 6) is 0. The van der Waals surface area contributed by atoms with Gasteiger partial charge in [0.25, 0.3) is 0 Å². The maximum Gasteiger partial charge on any atom is 0.507 e. The van der Waals surface area contributed by atoms with Gasteiger partial charge in [-0.3, -0.25) is 0 Å². The highest BCUT2D eigenvalue weighted by atomic mass is 28.6. The van der Waals surface area contributed by atoms with E-state index in [1.165, 1.54) is 6.42 Å². The van der Waals surface area contributed by atoms with Crippen molar-refractivity contribution < 1.29 is 59.6 Å². The smallest absolute Gasteiger partial charge is 0.394 e. The predicted octanol–water partition coefficient (Wildman–Crippen LogP) is 14.6. The Labute approximate surface area is 469 Å². The lowest BCUT2D eigenvalue weighted by Gasteiger charge is -2.60. The Bertz CT molecular complexity index is 1800. The molecule has 6 heterocycles. The predicted molar refractivity (Wildman–Crippen MR) is 319 cm³/mol. The van der Waals surface area contributed by atoms with Crippen LogP contribution < -0.4 is 0 Å². The summed E-state index contributed by atoms with van der Waals surface area (Å²) in [4.78, 5) is 0. The number of allylic oxidation sites excluding steroid dienone is 7. The molecule has 0 radical (unpaired) electrons. The van der Waals surface area contributed by atoms with Crippen molar-refractivity contribution in [1.29, 1.82) is 0 Å². The van der Waals surface area contributed by atoms with Crippen molar-refractivity contribution in [3.8, 4) is 0 Å². The van der Waals surface area contributed by atoms with Crippen LogP contribution in [0.4, 0.5) is 0 Å². The third-order valence-electron chi connectivity index (χ3n) is 13.7. The zero-order valence-electron chi connectivity index (χ0n) is 48.1. The van der Waals surface area contributed by atoms with Crippen LogP contribution in [0.2, 0.25) is 6.04 Å². The number of rotatable bonds is 40. The molecule has 9 unspecified atom stereocenters. The average molecular weight is 1200 g/mol. The normalized spacial score (nSPS) is 33.1. The van der Waals surface area contributed by atoms with Crippen molar-refractivity contribution in [2.24, 2.45) is 0 Å². The monoisotopic (exact) mass is 1200 g/mol. The van der Waals surface area contributed by atoms with Crippen molar-refractivity contribution in [2.75, 3.05) is 6.61 Å². The molecular weight excluding hydrogens is 1100 g/mol. The van der Waals surface area contributed by atoms with Crippen LogP contribution >= 0.6 is 0 Å². The van der Waals surface area contributed by atoms with Gasteiger partial charge in [-0.2, -0.15) is 0 Å². The van der Waals surface area contributed by atoms with Gasteiger partial charge in [0, 0.05) is 6.04 Å². The SMILES string of the molecule is CCCCC/C=C\[Si]12O[Si]3(/C=C/CCCCC)O[Si]4(/C=C/CCCCC)O[Si](/C=C/CCCCC)(O1)O[Si]1(CC(O)CO)O[Si](/C=C/CCCCCCC)(O2)O[Si](/C=C/CCCCC)(O3)O[Si](/C=C/CCCCC)(O4)O1. The number of unbranched alkanes of at least 4 members (excludes halogenated alkanes) is 23. The van der Waals surface area contributed by atoms with Crippen molar-refractivity contribution >= 4 is 70.4 Å². The molecule has 76 heavy (non-hydrogen) atoms. The van der Waals surface area contributed by atoms with Gasteiger partial charge in [0.15, 0.2) is 0 Å². The Hall–Kier alpha value is -0.645. The Morgan fingerprint density at radius 2 is 0.461 bits per heavy atom. The van der Waals surface area contributed by atoms with Crippen LogP contribution in [-0.4, -0.2) is 93.4 Å². The standard InChI is InChI=1S/C54H102O14Si8/c1-8-15-22-29-30-37-44-51-75-64-71(47-40-33-25-18-11-4)58-69(45-38-31-23-16-9-2)57-70(46-39-32-24-17-10-3)60-73(62-71,49-42-35-27-20-13-6)66-76(68-75,53-54(56)52-55)67-74(61-70,50-43-36-28-21-14-7)63-72(59-69,65-75)48-41-34-26-19-12-5/h38-51,54-56H,8-37,52-53H2,1-7H3/b45-38+,46-39+,47-40-,48-41+,49-42+,50-43+,51-44+. The molecule has 6 aliphatic rings. The van der Waals surface area contributed by atoms with Crippen LogP contribution in [0.1, 0.15) is 241 Å². The molecule has 6 fully saturated rings. The van der Waals surface area contributed by atoms with E-state index in [1.807, 2.05) is 39.9 Å².